The summed E-state index contributed by atoms with van der Waals surface area (Å²) in [5.74, 6) is 0.875. The van der Waals surface area contributed by atoms with E-state index in [1.807, 2.05) is 31.2 Å². The molecule has 0 amide bonds. The fourth-order valence-electron chi connectivity index (χ4n) is 1.20. The van der Waals surface area contributed by atoms with Crippen molar-refractivity contribution in [1.29, 1.82) is 0 Å². The highest BCUT2D eigenvalue weighted by molar-refractivity contribution is 5.31. The second kappa shape index (κ2) is 5.62. The van der Waals surface area contributed by atoms with Gasteiger partial charge in [0, 0.05) is 13.7 Å². The van der Waals surface area contributed by atoms with E-state index in [9.17, 15) is 0 Å². The molecule has 0 aliphatic heterocycles. The van der Waals surface area contributed by atoms with Crippen LogP contribution >= 0.6 is 0 Å². The lowest BCUT2D eigenvalue weighted by Gasteiger charge is -2.17. The van der Waals surface area contributed by atoms with E-state index in [1.54, 1.807) is 7.11 Å². The maximum absolute atomic E-state index is 5.68. The minimum absolute atomic E-state index is 0.0684. The number of para-hydroxylation sites is 1. The molecular formula is C11H17NO2. The zero-order chi connectivity index (χ0) is 10.4. The number of ether oxygens (including phenoxy) is 2. The summed E-state index contributed by atoms with van der Waals surface area (Å²) in [6, 6.07) is 7.88. The van der Waals surface area contributed by atoms with Crippen molar-refractivity contribution in [3.05, 3.63) is 29.8 Å². The van der Waals surface area contributed by atoms with Gasteiger partial charge >= 0.3 is 0 Å². The molecule has 1 aromatic rings. The van der Waals surface area contributed by atoms with E-state index in [1.165, 1.54) is 0 Å². The lowest BCUT2D eigenvalue weighted by Crippen LogP contribution is -2.31. The Hall–Kier alpha value is -1.06. The molecule has 0 aromatic heterocycles. The third-order valence-corrected chi connectivity index (χ3v) is 2.00. The molecule has 0 aliphatic rings. The molecule has 1 aromatic carbocycles. The molecule has 0 spiro atoms. The summed E-state index contributed by atoms with van der Waals surface area (Å²) in [6.07, 6.45) is -0.0684. The predicted octanol–water partition coefficient (Wildman–Crippen LogP) is 1.35. The quantitative estimate of drug-likeness (QED) is 0.771. The van der Waals surface area contributed by atoms with Crippen LogP contribution in [0.1, 0.15) is 5.56 Å². The molecular weight excluding hydrogens is 178 g/mol. The number of nitrogens with two attached hydrogens (primary N) is 1. The third-order valence-electron chi connectivity index (χ3n) is 2.00. The van der Waals surface area contributed by atoms with Crippen LogP contribution < -0.4 is 10.5 Å². The Bertz CT molecular complexity index is 276. The van der Waals surface area contributed by atoms with Crippen LogP contribution in [0.3, 0.4) is 0 Å². The Morgan fingerprint density at radius 1 is 1.36 bits per heavy atom. The molecule has 3 nitrogen and oxygen atoms in total. The summed E-state index contributed by atoms with van der Waals surface area (Å²) in [7, 11) is 1.64. The standard InChI is InChI=1S/C11H17NO2/c1-9-5-3-4-6-11(9)14-10(7-12)8-13-2/h3-6,10H,7-8,12H2,1-2H3. The van der Waals surface area contributed by atoms with Gasteiger partial charge in [0.15, 0.2) is 0 Å². The van der Waals surface area contributed by atoms with E-state index in [4.69, 9.17) is 15.2 Å². The van der Waals surface area contributed by atoms with Gasteiger partial charge < -0.3 is 15.2 Å². The van der Waals surface area contributed by atoms with Crippen LogP contribution in [0.4, 0.5) is 0 Å². The zero-order valence-electron chi connectivity index (χ0n) is 8.69. The Morgan fingerprint density at radius 3 is 2.64 bits per heavy atom. The molecule has 14 heavy (non-hydrogen) atoms. The molecule has 2 N–H and O–H groups in total. The third kappa shape index (κ3) is 3.01. The van der Waals surface area contributed by atoms with Gasteiger partial charge in [-0.3, -0.25) is 0 Å². The number of aryl methyl sites for hydroxylation is 1. The van der Waals surface area contributed by atoms with Crippen molar-refractivity contribution in [2.45, 2.75) is 13.0 Å². The zero-order valence-corrected chi connectivity index (χ0v) is 8.69. The van der Waals surface area contributed by atoms with Gasteiger partial charge in [0.1, 0.15) is 11.9 Å². The van der Waals surface area contributed by atoms with Crippen LogP contribution in [0, 0.1) is 6.92 Å². The van der Waals surface area contributed by atoms with Gasteiger partial charge in [-0.1, -0.05) is 18.2 Å². The highest BCUT2D eigenvalue weighted by atomic mass is 16.5. The van der Waals surface area contributed by atoms with Crippen LogP contribution in [0.2, 0.25) is 0 Å². The van der Waals surface area contributed by atoms with Crippen LogP contribution in [0.5, 0.6) is 5.75 Å². The molecule has 1 atom stereocenters. The average Bonchev–Trinajstić information content (AvgIpc) is 2.20. The maximum Gasteiger partial charge on any atom is 0.134 e. The topological polar surface area (TPSA) is 44.5 Å². The maximum atomic E-state index is 5.68. The van der Waals surface area contributed by atoms with Gasteiger partial charge in [0.2, 0.25) is 0 Å². The van der Waals surface area contributed by atoms with Crippen molar-refractivity contribution in [3.8, 4) is 5.75 Å². The summed E-state index contributed by atoms with van der Waals surface area (Å²) in [5.41, 5.74) is 6.66. The van der Waals surface area contributed by atoms with E-state index < -0.39 is 0 Å². The molecule has 0 fully saturated rings. The minimum atomic E-state index is -0.0684. The summed E-state index contributed by atoms with van der Waals surface area (Å²) < 4.78 is 10.7. The molecule has 0 saturated heterocycles. The lowest BCUT2D eigenvalue weighted by molar-refractivity contribution is 0.0856. The van der Waals surface area contributed by atoms with Crippen molar-refractivity contribution in [2.75, 3.05) is 20.3 Å². The SMILES string of the molecule is COCC(CN)Oc1ccccc1C. The Labute approximate surface area is 84.8 Å². The first-order valence-electron chi connectivity index (χ1n) is 4.69. The van der Waals surface area contributed by atoms with Crippen LogP contribution in [-0.2, 0) is 4.74 Å². The van der Waals surface area contributed by atoms with Gasteiger partial charge in [-0.15, -0.1) is 0 Å². The van der Waals surface area contributed by atoms with E-state index in [-0.39, 0.29) is 6.10 Å². The van der Waals surface area contributed by atoms with Gasteiger partial charge in [-0.25, -0.2) is 0 Å². The highest BCUT2D eigenvalue weighted by Gasteiger charge is 2.08. The molecule has 0 radical (unpaired) electrons. The Balaban J connectivity index is 2.62. The first kappa shape index (κ1) is 11.0. The summed E-state index contributed by atoms with van der Waals surface area (Å²) in [4.78, 5) is 0. The van der Waals surface area contributed by atoms with E-state index in [2.05, 4.69) is 0 Å². The van der Waals surface area contributed by atoms with Gasteiger partial charge in [-0.05, 0) is 18.6 Å². The summed E-state index contributed by atoms with van der Waals surface area (Å²) >= 11 is 0. The van der Waals surface area contributed by atoms with Crippen molar-refractivity contribution in [3.63, 3.8) is 0 Å². The largest absolute Gasteiger partial charge is 0.486 e. The Kier molecular flexibility index (Phi) is 4.43. The van der Waals surface area contributed by atoms with Crippen molar-refractivity contribution >= 4 is 0 Å². The molecule has 0 saturated carbocycles. The fraction of sp³-hybridized carbons (Fsp3) is 0.455. The lowest BCUT2D eigenvalue weighted by atomic mass is 10.2. The monoisotopic (exact) mass is 195 g/mol. The second-order valence-electron chi connectivity index (χ2n) is 3.20. The van der Waals surface area contributed by atoms with Gasteiger partial charge in [0.05, 0.1) is 6.61 Å². The molecule has 0 bridgehead atoms. The van der Waals surface area contributed by atoms with Crippen LogP contribution in [-0.4, -0.2) is 26.4 Å². The van der Waals surface area contributed by atoms with E-state index in [0.29, 0.717) is 13.2 Å². The molecule has 78 valence electrons. The van der Waals surface area contributed by atoms with Crippen LogP contribution in [0.15, 0.2) is 24.3 Å². The normalized spacial score (nSPS) is 12.5. The van der Waals surface area contributed by atoms with Crippen molar-refractivity contribution < 1.29 is 9.47 Å². The highest BCUT2D eigenvalue weighted by Crippen LogP contribution is 2.17. The fourth-order valence-corrected chi connectivity index (χ4v) is 1.20. The number of rotatable bonds is 5. The summed E-state index contributed by atoms with van der Waals surface area (Å²) in [6.45, 7) is 2.99. The van der Waals surface area contributed by atoms with E-state index >= 15 is 0 Å². The smallest absolute Gasteiger partial charge is 0.134 e. The molecule has 1 unspecified atom stereocenters. The molecule has 0 aliphatic carbocycles. The Morgan fingerprint density at radius 2 is 2.07 bits per heavy atom. The van der Waals surface area contributed by atoms with Crippen molar-refractivity contribution in [2.24, 2.45) is 5.73 Å². The number of benzene rings is 1. The first-order valence-corrected chi connectivity index (χ1v) is 4.69. The molecule has 0 heterocycles. The number of hydrogen-bond acceptors (Lipinski definition) is 3. The number of hydrogen-bond donors (Lipinski definition) is 1. The van der Waals surface area contributed by atoms with Crippen molar-refractivity contribution in [1.82, 2.24) is 0 Å². The number of methoxy groups -OCH3 is 1. The van der Waals surface area contributed by atoms with Gasteiger partial charge in [-0.2, -0.15) is 0 Å². The molecule has 1 rings (SSSR count). The summed E-state index contributed by atoms with van der Waals surface area (Å²) in [5, 5.41) is 0. The van der Waals surface area contributed by atoms with E-state index in [0.717, 1.165) is 11.3 Å². The van der Waals surface area contributed by atoms with Gasteiger partial charge in [0.25, 0.3) is 0 Å². The average molecular weight is 195 g/mol. The van der Waals surface area contributed by atoms with Crippen LogP contribution in [0.25, 0.3) is 0 Å². The first-order chi connectivity index (χ1) is 6.77. The minimum Gasteiger partial charge on any atom is -0.486 e. The molecule has 3 heteroatoms. The second-order valence-corrected chi connectivity index (χ2v) is 3.20. The predicted molar refractivity (Wildman–Crippen MR) is 56.5 cm³/mol.